The zero-order chi connectivity index (χ0) is 13.9. The standard InChI is InChI=1S/C17H22FNO/c1-19-15(10-9-12-5-2-3-6-12)16-11-13-7-4-8-14(18)17(13)20-16/h4,7-8,11-12,15,19H,2-3,5-6,9-10H2,1H3. The van der Waals surface area contributed by atoms with E-state index in [1.807, 2.05) is 19.2 Å². The predicted molar refractivity (Wildman–Crippen MR) is 79.2 cm³/mol. The average Bonchev–Trinajstić information content (AvgIpc) is 3.09. The summed E-state index contributed by atoms with van der Waals surface area (Å²) < 4.78 is 19.4. The smallest absolute Gasteiger partial charge is 0.169 e. The summed E-state index contributed by atoms with van der Waals surface area (Å²) in [5, 5.41) is 4.15. The molecule has 108 valence electrons. The molecule has 1 atom stereocenters. The largest absolute Gasteiger partial charge is 0.456 e. The van der Waals surface area contributed by atoms with Gasteiger partial charge in [-0.15, -0.1) is 0 Å². The van der Waals surface area contributed by atoms with E-state index in [1.165, 1.54) is 38.2 Å². The Labute approximate surface area is 119 Å². The van der Waals surface area contributed by atoms with Gasteiger partial charge in [-0.2, -0.15) is 0 Å². The number of hydrogen-bond acceptors (Lipinski definition) is 2. The highest BCUT2D eigenvalue weighted by Crippen LogP contribution is 2.33. The van der Waals surface area contributed by atoms with Gasteiger partial charge in [-0.3, -0.25) is 0 Å². The SMILES string of the molecule is CNC(CCC1CCCC1)c1cc2cccc(F)c2o1. The van der Waals surface area contributed by atoms with E-state index in [2.05, 4.69) is 5.32 Å². The lowest BCUT2D eigenvalue weighted by atomic mass is 9.97. The number of fused-ring (bicyclic) bond motifs is 1. The first-order valence-corrected chi connectivity index (χ1v) is 7.63. The van der Waals surface area contributed by atoms with Crippen LogP contribution in [0.15, 0.2) is 28.7 Å². The number of nitrogens with one attached hydrogen (secondary N) is 1. The Morgan fingerprint density at radius 3 is 2.85 bits per heavy atom. The summed E-state index contributed by atoms with van der Waals surface area (Å²) >= 11 is 0. The maximum Gasteiger partial charge on any atom is 0.169 e. The molecule has 0 saturated heterocycles. The molecule has 1 aliphatic rings. The Hall–Kier alpha value is -1.35. The van der Waals surface area contributed by atoms with E-state index in [0.717, 1.165) is 23.5 Å². The fourth-order valence-electron chi connectivity index (χ4n) is 3.35. The van der Waals surface area contributed by atoms with Crippen LogP contribution >= 0.6 is 0 Å². The molecule has 3 heteroatoms. The Bertz CT molecular complexity index is 571. The van der Waals surface area contributed by atoms with E-state index in [0.29, 0.717) is 5.58 Å². The van der Waals surface area contributed by atoms with Crippen molar-refractivity contribution in [2.75, 3.05) is 7.05 Å². The second kappa shape index (κ2) is 5.96. The molecule has 1 saturated carbocycles. The van der Waals surface area contributed by atoms with Crippen LogP contribution in [0.25, 0.3) is 11.0 Å². The number of benzene rings is 1. The number of halogens is 1. The zero-order valence-corrected chi connectivity index (χ0v) is 12.0. The fraction of sp³-hybridized carbons (Fsp3) is 0.529. The van der Waals surface area contributed by atoms with Gasteiger partial charge < -0.3 is 9.73 Å². The van der Waals surface area contributed by atoms with Gasteiger partial charge in [0.25, 0.3) is 0 Å². The lowest BCUT2D eigenvalue weighted by Crippen LogP contribution is -2.16. The van der Waals surface area contributed by atoms with Crippen LogP contribution in [-0.4, -0.2) is 7.05 Å². The molecule has 0 amide bonds. The summed E-state index contributed by atoms with van der Waals surface area (Å²) in [4.78, 5) is 0. The summed E-state index contributed by atoms with van der Waals surface area (Å²) in [6.07, 6.45) is 7.78. The minimum Gasteiger partial charge on any atom is -0.456 e. The Morgan fingerprint density at radius 1 is 1.35 bits per heavy atom. The topological polar surface area (TPSA) is 25.2 Å². The van der Waals surface area contributed by atoms with Crippen molar-refractivity contribution in [3.63, 3.8) is 0 Å². The van der Waals surface area contributed by atoms with Gasteiger partial charge in [-0.25, -0.2) is 4.39 Å². The van der Waals surface area contributed by atoms with Crippen LogP contribution in [0.1, 0.15) is 50.3 Å². The van der Waals surface area contributed by atoms with Crippen molar-refractivity contribution in [3.8, 4) is 0 Å². The van der Waals surface area contributed by atoms with Gasteiger partial charge in [0, 0.05) is 5.39 Å². The van der Waals surface area contributed by atoms with Crippen LogP contribution < -0.4 is 5.32 Å². The number of hydrogen-bond donors (Lipinski definition) is 1. The highest BCUT2D eigenvalue weighted by Gasteiger charge is 2.20. The van der Waals surface area contributed by atoms with E-state index < -0.39 is 0 Å². The summed E-state index contributed by atoms with van der Waals surface area (Å²) in [5.74, 6) is 1.44. The monoisotopic (exact) mass is 275 g/mol. The molecule has 1 aromatic carbocycles. The van der Waals surface area contributed by atoms with Gasteiger partial charge in [0.1, 0.15) is 5.76 Å². The highest BCUT2D eigenvalue weighted by atomic mass is 19.1. The molecule has 20 heavy (non-hydrogen) atoms. The molecule has 1 N–H and O–H groups in total. The maximum absolute atomic E-state index is 13.7. The predicted octanol–water partition coefficient (Wildman–Crippen LogP) is 4.80. The minimum atomic E-state index is -0.278. The molecule has 0 radical (unpaired) electrons. The van der Waals surface area contributed by atoms with Crippen molar-refractivity contribution in [1.82, 2.24) is 5.32 Å². The quantitative estimate of drug-likeness (QED) is 0.847. The van der Waals surface area contributed by atoms with Crippen LogP contribution in [0.2, 0.25) is 0 Å². The number of para-hydroxylation sites is 1. The highest BCUT2D eigenvalue weighted by molar-refractivity contribution is 5.78. The summed E-state index contributed by atoms with van der Waals surface area (Å²) in [5.41, 5.74) is 0.378. The van der Waals surface area contributed by atoms with E-state index in [-0.39, 0.29) is 11.9 Å². The summed E-state index contributed by atoms with van der Waals surface area (Å²) in [6.45, 7) is 0. The van der Waals surface area contributed by atoms with Crippen molar-refractivity contribution in [2.45, 2.75) is 44.6 Å². The average molecular weight is 275 g/mol. The molecule has 2 aromatic rings. The maximum atomic E-state index is 13.7. The Kier molecular flexibility index (Phi) is 4.06. The van der Waals surface area contributed by atoms with Gasteiger partial charge in [-0.05, 0) is 37.9 Å². The second-order valence-electron chi connectivity index (χ2n) is 5.88. The third-order valence-corrected chi connectivity index (χ3v) is 4.55. The van der Waals surface area contributed by atoms with E-state index in [9.17, 15) is 4.39 Å². The van der Waals surface area contributed by atoms with Gasteiger partial charge in [0.05, 0.1) is 6.04 Å². The van der Waals surface area contributed by atoms with Gasteiger partial charge in [0.15, 0.2) is 11.4 Å². The molecule has 2 nitrogen and oxygen atoms in total. The molecule has 0 bridgehead atoms. The van der Waals surface area contributed by atoms with Gasteiger partial charge in [0.2, 0.25) is 0 Å². The molecule has 1 aliphatic carbocycles. The molecule has 1 unspecified atom stereocenters. The minimum absolute atomic E-state index is 0.183. The molecule has 0 spiro atoms. The molecule has 0 aliphatic heterocycles. The zero-order valence-electron chi connectivity index (χ0n) is 12.0. The number of furan rings is 1. The molecule has 3 rings (SSSR count). The van der Waals surface area contributed by atoms with Crippen molar-refractivity contribution < 1.29 is 8.81 Å². The summed E-state index contributed by atoms with van der Waals surface area (Å²) in [6, 6.07) is 7.22. The van der Waals surface area contributed by atoms with Gasteiger partial charge in [-0.1, -0.05) is 37.8 Å². The van der Waals surface area contributed by atoms with Crippen LogP contribution in [0.5, 0.6) is 0 Å². The van der Waals surface area contributed by atoms with Gasteiger partial charge >= 0.3 is 0 Å². The van der Waals surface area contributed by atoms with Crippen LogP contribution in [-0.2, 0) is 0 Å². The molecule has 1 heterocycles. The second-order valence-corrected chi connectivity index (χ2v) is 5.88. The first-order valence-electron chi connectivity index (χ1n) is 7.63. The van der Waals surface area contributed by atoms with Crippen molar-refractivity contribution in [2.24, 2.45) is 5.92 Å². The third kappa shape index (κ3) is 2.73. The van der Waals surface area contributed by atoms with E-state index >= 15 is 0 Å². The van der Waals surface area contributed by atoms with Crippen LogP contribution in [0, 0.1) is 11.7 Å². The molecule has 1 fully saturated rings. The van der Waals surface area contributed by atoms with Crippen molar-refractivity contribution in [3.05, 3.63) is 35.8 Å². The first-order chi connectivity index (χ1) is 9.78. The lowest BCUT2D eigenvalue weighted by Gasteiger charge is -2.16. The third-order valence-electron chi connectivity index (χ3n) is 4.55. The molecular formula is C17H22FNO. The van der Waals surface area contributed by atoms with Crippen LogP contribution in [0.4, 0.5) is 4.39 Å². The number of rotatable bonds is 5. The summed E-state index contributed by atoms with van der Waals surface area (Å²) in [7, 11) is 1.95. The van der Waals surface area contributed by atoms with Crippen molar-refractivity contribution in [1.29, 1.82) is 0 Å². The van der Waals surface area contributed by atoms with Crippen LogP contribution in [0.3, 0.4) is 0 Å². The Morgan fingerprint density at radius 2 is 2.15 bits per heavy atom. The fourth-order valence-corrected chi connectivity index (χ4v) is 3.35. The van der Waals surface area contributed by atoms with Crippen molar-refractivity contribution >= 4 is 11.0 Å². The Balaban J connectivity index is 1.74. The molecular weight excluding hydrogens is 253 g/mol. The van der Waals surface area contributed by atoms with E-state index in [4.69, 9.17) is 4.42 Å². The normalized spacial score (nSPS) is 17.9. The lowest BCUT2D eigenvalue weighted by molar-refractivity contribution is 0.380. The van der Waals surface area contributed by atoms with E-state index in [1.54, 1.807) is 6.07 Å². The first kappa shape index (κ1) is 13.6. The molecule has 1 aromatic heterocycles.